The summed E-state index contributed by atoms with van der Waals surface area (Å²) in [6.07, 6.45) is 0.712. The zero-order valence-electron chi connectivity index (χ0n) is 23.2. The maximum absolute atomic E-state index is 13.8. The molecule has 2 heterocycles. The van der Waals surface area contributed by atoms with Gasteiger partial charge in [0.1, 0.15) is 0 Å². The summed E-state index contributed by atoms with van der Waals surface area (Å²) in [6.45, 7) is 3.34. The summed E-state index contributed by atoms with van der Waals surface area (Å²) >= 11 is 7.72. The van der Waals surface area contributed by atoms with E-state index in [1.54, 1.807) is 22.8 Å². The lowest BCUT2D eigenvalue weighted by molar-refractivity contribution is 0.0747. The number of halogens is 1. The van der Waals surface area contributed by atoms with E-state index in [2.05, 4.69) is 29.2 Å². The van der Waals surface area contributed by atoms with Crippen molar-refractivity contribution in [3.8, 4) is 0 Å². The van der Waals surface area contributed by atoms with Crippen molar-refractivity contribution in [1.82, 2.24) is 14.5 Å². The molecule has 0 saturated carbocycles. The minimum atomic E-state index is -0.0972. The van der Waals surface area contributed by atoms with E-state index in [0.29, 0.717) is 58.5 Å². The van der Waals surface area contributed by atoms with E-state index in [1.165, 1.54) is 17.4 Å². The molecule has 6 rings (SSSR count). The quantitative estimate of drug-likeness (QED) is 0.151. The van der Waals surface area contributed by atoms with Gasteiger partial charge in [-0.25, -0.2) is 4.98 Å². The van der Waals surface area contributed by atoms with Gasteiger partial charge in [0, 0.05) is 54.8 Å². The predicted octanol–water partition coefficient (Wildman–Crippen LogP) is 6.55. The molecule has 4 aromatic carbocycles. The van der Waals surface area contributed by atoms with Gasteiger partial charge in [0.25, 0.3) is 11.5 Å². The number of thioether (sulfide) groups is 1. The number of anilines is 1. The number of nitrogens with zero attached hydrogens (tertiary/aromatic N) is 4. The molecular formula is C34H31ClN4O2S. The Morgan fingerprint density at radius 3 is 2.26 bits per heavy atom. The van der Waals surface area contributed by atoms with Gasteiger partial charge >= 0.3 is 0 Å². The summed E-state index contributed by atoms with van der Waals surface area (Å²) in [7, 11) is 0. The SMILES string of the molecule is O=C(c1ccc2c(=O)n(CCc3ccccc3)c(SCc3cccc(Cl)c3)nc2c1)N1CCN(c2ccccc2)CC1. The van der Waals surface area contributed by atoms with E-state index >= 15 is 0 Å². The number of carbonyl (C=O) groups is 1. The minimum absolute atomic E-state index is 0.0344. The highest BCUT2D eigenvalue weighted by Crippen LogP contribution is 2.25. The number of benzene rings is 4. The van der Waals surface area contributed by atoms with Gasteiger partial charge in [0.15, 0.2) is 5.16 Å². The Hall–Kier alpha value is -4.07. The van der Waals surface area contributed by atoms with Gasteiger partial charge in [-0.3, -0.25) is 14.2 Å². The number of fused-ring (bicyclic) bond motifs is 1. The molecule has 1 fully saturated rings. The van der Waals surface area contributed by atoms with Crippen LogP contribution in [-0.4, -0.2) is 46.5 Å². The molecule has 212 valence electrons. The van der Waals surface area contributed by atoms with Crippen molar-refractivity contribution in [2.75, 3.05) is 31.1 Å². The van der Waals surface area contributed by atoms with Gasteiger partial charge in [0.05, 0.1) is 10.9 Å². The number of aryl methyl sites for hydroxylation is 1. The van der Waals surface area contributed by atoms with Crippen molar-refractivity contribution in [3.63, 3.8) is 0 Å². The summed E-state index contributed by atoms with van der Waals surface area (Å²) in [5, 5.41) is 1.82. The van der Waals surface area contributed by atoms with Crippen LogP contribution in [0, 0.1) is 0 Å². The minimum Gasteiger partial charge on any atom is -0.368 e. The van der Waals surface area contributed by atoms with Crippen LogP contribution in [-0.2, 0) is 18.7 Å². The van der Waals surface area contributed by atoms with Crippen LogP contribution in [0.5, 0.6) is 0 Å². The molecule has 1 aliphatic heterocycles. The molecule has 0 aliphatic carbocycles. The molecule has 42 heavy (non-hydrogen) atoms. The van der Waals surface area contributed by atoms with Crippen LogP contribution in [0.25, 0.3) is 10.9 Å². The number of rotatable bonds is 8. The Balaban J connectivity index is 1.26. The van der Waals surface area contributed by atoms with Gasteiger partial charge in [0.2, 0.25) is 0 Å². The van der Waals surface area contributed by atoms with Crippen molar-refractivity contribution in [3.05, 3.63) is 135 Å². The Morgan fingerprint density at radius 1 is 0.810 bits per heavy atom. The smallest absolute Gasteiger partial charge is 0.262 e. The highest BCUT2D eigenvalue weighted by atomic mass is 35.5. The third kappa shape index (κ3) is 6.37. The van der Waals surface area contributed by atoms with Crippen LogP contribution in [0.2, 0.25) is 5.02 Å². The molecule has 0 N–H and O–H groups in total. The number of aromatic nitrogens is 2. The van der Waals surface area contributed by atoms with E-state index in [9.17, 15) is 9.59 Å². The zero-order chi connectivity index (χ0) is 28.9. The monoisotopic (exact) mass is 594 g/mol. The van der Waals surface area contributed by atoms with E-state index < -0.39 is 0 Å². The van der Waals surface area contributed by atoms with Crippen LogP contribution >= 0.6 is 23.4 Å². The van der Waals surface area contributed by atoms with E-state index in [1.807, 2.05) is 65.6 Å². The summed E-state index contributed by atoms with van der Waals surface area (Å²) in [4.78, 5) is 36.4. The third-order valence-electron chi connectivity index (χ3n) is 7.58. The fraction of sp³-hybridized carbons (Fsp3) is 0.206. The number of hydrogen-bond acceptors (Lipinski definition) is 5. The largest absolute Gasteiger partial charge is 0.368 e. The van der Waals surface area contributed by atoms with Crippen molar-refractivity contribution < 1.29 is 4.79 Å². The molecule has 0 atom stereocenters. The lowest BCUT2D eigenvalue weighted by Crippen LogP contribution is -2.48. The first kappa shape index (κ1) is 28.1. The summed E-state index contributed by atoms with van der Waals surface area (Å²) in [5.41, 5.74) is 4.37. The van der Waals surface area contributed by atoms with Crippen LogP contribution in [0.1, 0.15) is 21.5 Å². The summed E-state index contributed by atoms with van der Waals surface area (Å²) < 4.78 is 1.76. The predicted molar refractivity (Wildman–Crippen MR) is 172 cm³/mol. The standard InChI is InChI=1S/C34H31ClN4O2S/c35-28-11-7-10-26(22-28)24-42-34-36-31-23-27(32(40)38-20-18-37(19-21-38)29-12-5-2-6-13-29)14-15-30(31)33(41)39(34)17-16-25-8-3-1-4-9-25/h1-15,22-23H,16-21,24H2. The molecule has 0 bridgehead atoms. The molecular weight excluding hydrogens is 564 g/mol. The molecule has 1 aliphatic rings. The molecule has 0 spiro atoms. The lowest BCUT2D eigenvalue weighted by atomic mass is 10.1. The zero-order valence-corrected chi connectivity index (χ0v) is 24.7. The number of para-hydroxylation sites is 1. The first-order valence-corrected chi connectivity index (χ1v) is 15.5. The van der Waals surface area contributed by atoms with Crippen LogP contribution < -0.4 is 10.5 Å². The van der Waals surface area contributed by atoms with Crippen molar-refractivity contribution in [1.29, 1.82) is 0 Å². The highest BCUT2D eigenvalue weighted by molar-refractivity contribution is 7.98. The van der Waals surface area contributed by atoms with Crippen molar-refractivity contribution >= 4 is 45.9 Å². The summed E-state index contributed by atoms with van der Waals surface area (Å²) in [6, 6.07) is 33.4. The molecule has 1 aromatic heterocycles. The maximum atomic E-state index is 13.8. The fourth-order valence-corrected chi connectivity index (χ4v) is 6.47. The van der Waals surface area contributed by atoms with E-state index in [0.717, 1.165) is 24.2 Å². The van der Waals surface area contributed by atoms with E-state index in [4.69, 9.17) is 16.6 Å². The Morgan fingerprint density at radius 2 is 1.52 bits per heavy atom. The Bertz CT molecular complexity index is 1750. The average Bonchev–Trinajstić information content (AvgIpc) is 3.04. The maximum Gasteiger partial charge on any atom is 0.262 e. The second kappa shape index (κ2) is 12.8. The topological polar surface area (TPSA) is 58.4 Å². The highest BCUT2D eigenvalue weighted by Gasteiger charge is 2.23. The fourth-order valence-electron chi connectivity index (χ4n) is 5.29. The lowest BCUT2D eigenvalue weighted by Gasteiger charge is -2.36. The molecule has 5 aromatic rings. The Labute approximate surface area is 254 Å². The average molecular weight is 595 g/mol. The number of hydrogen-bond donors (Lipinski definition) is 0. The molecule has 0 unspecified atom stereocenters. The van der Waals surface area contributed by atoms with Gasteiger partial charge in [-0.1, -0.05) is 84.0 Å². The summed E-state index contributed by atoms with van der Waals surface area (Å²) in [5.74, 6) is 0.585. The Kier molecular flexibility index (Phi) is 8.58. The first-order chi connectivity index (χ1) is 20.5. The van der Waals surface area contributed by atoms with Gasteiger partial charge in [-0.05, 0) is 60.0 Å². The molecule has 1 saturated heterocycles. The van der Waals surface area contributed by atoms with Crippen LogP contribution in [0.3, 0.4) is 0 Å². The van der Waals surface area contributed by atoms with Crippen molar-refractivity contribution in [2.24, 2.45) is 0 Å². The van der Waals surface area contributed by atoms with Gasteiger partial charge in [-0.2, -0.15) is 0 Å². The molecule has 1 amide bonds. The third-order valence-corrected chi connectivity index (χ3v) is 8.86. The number of carbonyl (C=O) groups excluding carboxylic acids is 1. The second-order valence-corrected chi connectivity index (χ2v) is 11.7. The van der Waals surface area contributed by atoms with Crippen LogP contribution in [0.15, 0.2) is 113 Å². The van der Waals surface area contributed by atoms with Gasteiger partial charge < -0.3 is 9.80 Å². The van der Waals surface area contributed by atoms with Crippen LogP contribution in [0.4, 0.5) is 5.69 Å². The van der Waals surface area contributed by atoms with E-state index in [-0.39, 0.29) is 11.5 Å². The first-order valence-electron chi connectivity index (χ1n) is 14.1. The molecule has 6 nitrogen and oxygen atoms in total. The number of amides is 1. The van der Waals surface area contributed by atoms with Gasteiger partial charge in [-0.15, -0.1) is 0 Å². The molecule has 0 radical (unpaired) electrons. The second-order valence-electron chi connectivity index (χ2n) is 10.4. The number of piperazine rings is 1. The van der Waals surface area contributed by atoms with Crippen molar-refractivity contribution in [2.45, 2.75) is 23.9 Å². The molecule has 8 heteroatoms. The normalized spacial score (nSPS) is 13.5.